The fraction of sp³-hybridized carbons (Fsp3) is 0.679. The molecule has 73 heavy (non-hydrogen) atoms. The molecule has 2 bridgehead atoms. The zero-order valence-electron chi connectivity index (χ0n) is 43.1. The number of hydrogen-bond acceptors (Lipinski definition) is 19. The molecule has 2 fully saturated rings. The predicted octanol–water partition coefficient (Wildman–Crippen LogP) is 0.941. The summed E-state index contributed by atoms with van der Waals surface area (Å²) in [6.45, 7) is 10.1. The Hall–Kier alpha value is -3.97. The molecule has 0 spiro atoms. The van der Waals surface area contributed by atoms with Crippen molar-refractivity contribution in [1.82, 2.24) is 5.32 Å². The van der Waals surface area contributed by atoms with Crippen LogP contribution in [0.25, 0.3) is 0 Å². The Morgan fingerprint density at radius 1 is 0.699 bits per heavy atom. The van der Waals surface area contributed by atoms with Crippen molar-refractivity contribution in [1.29, 1.82) is 0 Å². The van der Waals surface area contributed by atoms with Gasteiger partial charge in [0.15, 0.2) is 12.1 Å². The molecule has 20 nitrogen and oxygen atoms in total. The second kappa shape index (κ2) is 31.2. The van der Waals surface area contributed by atoms with E-state index in [1.54, 1.807) is 94.5 Å². The molecule has 414 valence electrons. The van der Waals surface area contributed by atoms with E-state index in [1.165, 1.54) is 6.92 Å². The van der Waals surface area contributed by atoms with Gasteiger partial charge in [-0.3, -0.25) is 9.59 Å². The number of carbonyl (C=O) groups excluding carboxylic acids is 3. The molecule has 3 aliphatic heterocycles. The summed E-state index contributed by atoms with van der Waals surface area (Å²) in [5.41, 5.74) is 6.11. The molecule has 0 radical (unpaired) electrons. The summed E-state index contributed by atoms with van der Waals surface area (Å²) >= 11 is 0. The van der Waals surface area contributed by atoms with Crippen LogP contribution in [-0.2, 0) is 38.1 Å². The zero-order chi connectivity index (χ0) is 54.6. The molecule has 0 aromatic rings. The maximum atomic E-state index is 14.1. The molecule has 2 saturated heterocycles. The summed E-state index contributed by atoms with van der Waals surface area (Å²) in [6, 6.07) is -2.32. The van der Waals surface area contributed by atoms with Crippen molar-refractivity contribution >= 4 is 17.8 Å². The van der Waals surface area contributed by atoms with E-state index in [0.29, 0.717) is 0 Å². The van der Waals surface area contributed by atoms with Crippen LogP contribution >= 0.6 is 0 Å². The average molecular weight is 1040 g/mol. The van der Waals surface area contributed by atoms with Gasteiger partial charge in [0.25, 0.3) is 0 Å². The summed E-state index contributed by atoms with van der Waals surface area (Å²) in [4.78, 5) is 39.5. The first-order valence-corrected chi connectivity index (χ1v) is 25.2. The van der Waals surface area contributed by atoms with Gasteiger partial charge in [-0.2, -0.15) is 0 Å². The minimum atomic E-state index is -2.36. The quantitative estimate of drug-likeness (QED) is 0.165. The van der Waals surface area contributed by atoms with E-state index < -0.39 is 165 Å². The third-order valence-corrected chi connectivity index (χ3v) is 13.5. The van der Waals surface area contributed by atoms with Crippen LogP contribution in [0, 0.1) is 23.7 Å². The number of aliphatic hydroxyl groups excluding tert-OH is 9. The predicted molar refractivity (Wildman–Crippen MR) is 268 cm³/mol. The first-order valence-electron chi connectivity index (χ1n) is 25.2. The third kappa shape index (κ3) is 20.9. The summed E-state index contributed by atoms with van der Waals surface area (Å²) in [5, 5.41) is 113. The summed E-state index contributed by atoms with van der Waals surface area (Å²) in [7, 11) is 1.16. The van der Waals surface area contributed by atoms with Crippen LogP contribution in [0.5, 0.6) is 0 Å². The SMILES string of the molecule is COC(=O)[C@@H](NC(=O)C1[C@@H]2CC(O[C@@H]3O[C@H](C)[C@@H](O)[C@H](N)[C@@H]3O)/C=C/C=C/C=C/C=C/C=C/C=C/C=C/[C@H](C)C(O)[C@@H](C)[C@H](C)OC(=O)CC(O)CC(O)CCC(O)C(O)CC(O)CC(O)(C[C@@H]1O)O2)C(C)C. The molecule has 0 aromatic carbocycles. The highest BCUT2D eigenvalue weighted by Gasteiger charge is 2.51. The second-order valence-corrected chi connectivity index (χ2v) is 20.0. The van der Waals surface area contributed by atoms with Crippen molar-refractivity contribution in [2.75, 3.05) is 7.11 Å². The molecule has 13 N–H and O–H groups in total. The lowest BCUT2D eigenvalue weighted by molar-refractivity contribution is -0.307. The third-order valence-electron chi connectivity index (χ3n) is 13.5. The molecule has 9 unspecified atom stereocenters. The first kappa shape index (κ1) is 63.3. The van der Waals surface area contributed by atoms with Crippen LogP contribution < -0.4 is 11.1 Å². The Morgan fingerprint density at radius 2 is 1.27 bits per heavy atom. The van der Waals surface area contributed by atoms with Gasteiger partial charge in [-0.15, -0.1) is 0 Å². The lowest BCUT2D eigenvalue weighted by Crippen LogP contribution is -2.62. The van der Waals surface area contributed by atoms with Crippen LogP contribution in [0.2, 0.25) is 0 Å². The number of rotatable bonds is 6. The number of allylic oxidation sites excluding steroid dienone is 12. The molecule has 3 aliphatic rings. The molecule has 0 aromatic heterocycles. The highest BCUT2D eigenvalue weighted by molar-refractivity contribution is 5.86. The van der Waals surface area contributed by atoms with Gasteiger partial charge in [0.05, 0.1) is 92.6 Å². The molecule has 20 atom stereocenters. The van der Waals surface area contributed by atoms with E-state index in [9.17, 15) is 65.4 Å². The van der Waals surface area contributed by atoms with Gasteiger partial charge in [-0.1, -0.05) is 113 Å². The topological polar surface area (TPSA) is 338 Å². The van der Waals surface area contributed by atoms with E-state index in [-0.39, 0.29) is 31.6 Å². The Morgan fingerprint density at radius 3 is 1.85 bits per heavy atom. The van der Waals surface area contributed by atoms with E-state index in [4.69, 9.17) is 29.4 Å². The molecule has 0 aliphatic carbocycles. The van der Waals surface area contributed by atoms with Gasteiger partial charge in [-0.25, -0.2) is 4.79 Å². The Labute approximate surface area is 429 Å². The Bertz CT molecular complexity index is 1910. The fourth-order valence-electron chi connectivity index (χ4n) is 8.86. The van der Waals surface area contributed by atoms with Crippen LogP contribution in [-0.4, -0.2) is 180 Å². The number of aliphatic hydroxyl groups is 10. The van der Waals surface area contributed by atoms with Crippen molar-refractivity contribution in [2.24, 2.45) is 29.4 Å². The van der Waals surface area contributed by atoms with Gasteiger partial charge in [0, 0.05) is 37.5 Å². The molecule has 20 heteroatoms. The number of nitrogens with one attached hydrogen (secondary N) is 1. The smallest absolute Gasteiger partial charge is 0.328 e. The highest BCUT2D eigenvalue weighted by Crippen LogP contribution is 2.38. The highest BCUT2D eigenvalue weighted by atomic mass is 16.7. The molecule has 3 heterocycles. The monoisotopic (exact) mass is 1040 g/mol. The van der Waals surface area contributed by atoms with E-state index in [0.717, 1.165) is 7.11 Å². The van der Waals surface area contributed by atoms with Crippen molar-refractivity contribution in [2.45, 2.75) is 196 Å². The van der Waals surface area contributed by atoms with Crippen LogP contribution in [0.4, 0.5) is 0 Å². The average Bonchev–Trinajstić information content (AvgIpc) is 3.31. The summed E-state index contributed by atoms with van der Waals surface area (Å²) in [5.74, 6) is -7.38. The second-order valence-electron chi connectivity index (χ2n) is 20.0. The number of nitrogens with two attached hydrogens (primary N) is 1. The maximum absolute atomic E-state index is 14.1. The zero-order valence-corrected chi connectivity index (χ0v) is 43.1. The van der Waals surface area contributed by atoms with Crippen LogP contribution in [0.1, 0.15) is 92.9 Å². The number of amides is 1. The van der Waals surface area contributed by atoms with E-state index >= 15 is 0 Å². The number of carbonyl (C=O) groups is 3. The molecular weight excluding hydrogens is 953 g/mol. The maximum Gasteiger partial charge on any atom is 0.328 e. The lowest BCUT2D eigenvalue weighted by atomic mass is 9.81. The van der Waals surface area contributed by atoms with Crippen molar-refractivity contribution in [3.8, 4) is 0 Å². The number of fused-ring (bicyclic) bond motifs is 2. The van der Waals surface area contributed by atoms with Crippen molar-refractivity contribution in [3.63, 3.8) is 0 Å². The lowest BCUT2D eigenvalue weighted by Gasteiger charge is -2.46. The number of hydrogen-bond donors (Lipinski definition) is 12. The van der Waals surface area contributed by atoms with Crippen LogP contribution in [0.15, 0.2) is 85.1 Å². The van der Waals surface area contributed by atoms with Gasteiger partial charge in [0.1, 0.15) is 18.2 Å². The van der Waals surface area contributed by atoms with Gasteiger partial charge < -0.3 is 85.8 Å². The van der Waals surface area contributed by atoms with E-state index in [1.807, 2.05) is 25.2 Å². The van der Waals surface area contributed by atoms with Gasteiger partial charge in [-0.05, 0) is 39.0 Å². The van der Waals surface area contributed by atoms with E-state index in [2.05, 4.69) is 5.32 Å². The fourth-order valence-corrected chi connectivity index (χ4v) is 8.86. The molecular formula is C53H84N2O18. The molecule has 0 saturated carbocycles. The molecule has 1 amide bonds. The number of cyclic esters (lactones) is 1. The number of methoxy groups -OCH3 is 1. The first-order chi connectivity index (χ1) is 34.4. The number of esters is 2. The largest absolute Gasteiger partial charge is 0.467 e. The number of ether oxygens (including phenoxy) is 5. The molecule has 3 rings (SSSR count). The van der Waals surface area contributed by atoms with Crippen molar-refractivity contribution in [3.05, 3.63) is 85.1 Å². The standard InChI is InChI=1S/C53H84N2O18/c1-30(2)46(51(67)69-7)55-50(66)44-41(61)29-53(68)28-37(58)25-40(60)39(59)23-22-35(56)24-36(57)26-43(62)70-33(5)32(4)47(63)31(3)20-18-16-14-12-10-8-9-11-13-15-17-19-21-38(27-42(44)73-53)72-52-49(65)45(54)48(64)34(6)71-52/h8-21,30-42,44-49,52,56-61,63-65,68H,22-29,54H2,1-7H3,(H,55,66)/b9-8+,12-10+,13-11+,16-14+,17-15+,20-18+,21-19+/t31-,32-,33-,34+,35?,36?,37?,38?,39?,40?,41-,42-,44?,45-,46-,47?,48+,49-,52-,53?/m0/s1. The Kier molecular flexibility index (Phi) is 27.0. The Balaban J connectivity index is 1.98. The minimum absolute atomic E-state index is 0.120. The minimum Gasteiger partial charge on any atom is -0.467 e. The van der Waals surface area contributed by atoms with Crippen LogP contribution in [0.3, 0.4) is 0 Å². The summed E-state index contributed by atoms with van der Waals surface area (Å²) < 4.78 is 28.6. The normalized spacial score (nSPS) is 42.2. The van der Waals surface area contributed by atoms with Gasteiger partial charge in [0.2, 0.25) is 5.91 Å². The summed E-state index contributed by atoms with van der Waals surface area (Å²) in [6.07, 6.45) is 3.24. The van der Waals surface area contributed by atoms with Gasteiger partial charge >= 0.3 is 11.9 Å². The van der Waals surface area contributed by atoms with Crippen molar-refractivity contribution < 1.29 is 89.1 Å².